The highest BCUT2D eigenvalue weighted by molar-refractivity contribution is 6.03. The maximum Gasteiger partial charge on any atom is 0.256 e. The third kappa shape index (κ3) is 3.31. The van der Waals surface area contributed by atoms with E-state index in [4.69, 9.17) is 4.74 Å². The van der Waals surface area contributed by atoms with E-state index < -0.39 is 0 Å². The molecule has 2 rings (SSSR count). The highest BCUT2D eigenvalue weighted by atomic mass is 16.5. The van der Waals surface area contributed by atoms with Crippen molar-refractivity contribution in [1.29, 1.82) is 0 Å². The standard InChI is InChI=1S/C15H16N2O2/c1-10-8-11(2)16-14(9-10)17-15(18)12-4-6-13(19-3)7-5-12/h4-9H,1-3H3,(H,16,17,18). The lowest BCUT2D eigenvalue weighted by Gasteiger charge is -2.07. The smallest absolute Gasteiger partial charge is 0.256 e. The number of benzene rings is 1. The molecule has 0 fully saturated rings. The van der Waals surface area contributed by atoms with Gasteiger partial charge in [-0.15, -0.1) is 0 Å². The van der Waals surface area contributed by atoms with Gasteiger partial charge in [0.05, 0.1) is 7.11 Å². The van der Waals surface area contributed by atoms with Crippen molar-refractivity contribution in [1.82, 2.24) is 4.98 Å². The van der Waals surface area contributed by atoms with Crippen LogP contribution < -0.4 is 10.1 Å². The van der Waals surface area contributed by atoms with Crippen LogP contribution in [0.15, 0.2) is 36.4 Å². The number of methoxy groups -OCH3 is 1. The largest absolute Gasteiger partial charge is 0.497 e. The van der Waals surface area contributed by atoms with Gasteiger partial charge in [-0.1, -0.05) is 0 Å². The summed E-state index contributed by atoms with van der Waals surface area (Å²) >= 11 is 0. The third-order valence-corrected chi connectivity index (χ3v) is 2.69. The molecule has 0 unspecified atom stereocenters. The van der Waals surface area contributed by atoms with Crippen molar-refractivity contribution < 1.29 is 9.53 Å². The molecule has 0 saturated carbocycles. The van der Waals surface area contributed by atoms with Crippen molar-refractivity contribution in [2.75, 3.05) is 12.4 Å². The Kier molecular flexibility index (Phi) is 3.80. The minimum Gasteiger partial charge on any atom is -0.497 e. The van der Waals surface area contributed by atoms with E-state index in [2.05, 4.69) is 10.3 Å². The van der Waals surface area contributed by atoms with Gasteiger partial charge in [0.1, 0.15) is 11.6 Å². The first-order valence-electron chi connectivity index (χ1n) is 5.99. The second kappa shape index (κ2) is 5.52. The number of aromatic nitrogens is 1. The van der Waals surface area contributed by atoms with E-state index in [1.807, 2.05) is 26.0 Å². The molecule has 19 heavy (non-hydrogen) atoms. The number of aryl methyl sites for hydroxylation is 2. The highest BCUT2D eigenvalue weighted by Crippen LogP contribution is 2.14. The molecule has 1 N–H and O–H groups in total. The summed E-state index contributed by atoms with van der Waals surface area (Å²) < 4.78 is 5.05. The summed E-state index contributed by atoms with van der Waals surface area (Å²) in [5.74, 6) is 1.11. The Morgan fingerprint density at radius 2 is 1.84 bits per heavy atom. The van der Waals surface area contributed by atoms with E-state index in [1.54, 1.807) is 31.4 Å². The summed E-state index contributed by atoms with van der Waals surface area (Å²) in [6.45, 7) is 3.87. The Morgan fingerprint density at radius 1 is 1.16 bits per heavy atom. The number of hydrogen-bond donors (Lipinski definition) is 1. The molecule has 1 amide bonds. The quantitative estimate of drug-likeness (QED) is 0.918. The van der Waals surface area contributed by atoms with Crippen molar-refractivity contribution in [3.8, 4) is 5.75 Å². The Morgan fingerprint density at radius 3 is 2.42 bits per heavy atom. The van der Waals surface area contributed by atoms with Crippen LogP contribution in [0.1, 0.15) is 21.6 Å². The van der Waals surface area contributed by atoms with Crippen LogP contribution in [-0.4, -0.2) is 18.0 Å². The first-order chi connectivity index (χ1) is 9.08. The fourth-order valence-electron chi connectivity index (χ4n) is 1.84. The topological polar surface area (TPSA) is 51.2 Å². The molecule has 1 heterocycles. The maximum atomic E-state index is 12.0. The zero-order valence-electron chi connectivity index (χ0n) is 11.2. The van der Waals surface area contributed by atoms with Crippen molar-refractivity contribution in [3.63, 3.8) is 0 Å². The zero-order valence-corrected chi connectivity index (χ0v) is 11.2. The second-order valence-electron chi connectivity index (χ2n) is 4.35. The van der Waals surface area contributed by atoms with Crippen LogP contribution in [0.3, 0.4) is 0 Å². The molecule has 2 aromatic rings. The fraction of sp³-hybridized carbons (Fsp3) is 0.200. The van der Waals surface area contributed by atoms with Gasteiger partial charge in [0.2, 0.25) is 0 Å². The van der Waals surface area contributed by atoms with Crippen molar-refractivity contribution in [2.24, 2.45) is 0 Å². The van der Waals surface area contributed by atoms with Gasteiger partial charge >= 0.3 is 0 Å². The van der Waals surface area contributed by atoms with Gasteiger partial charge in [-0.2, -0.15) is 0 Å². The number of nitrogens with one attached hydrogen (secondary N) is 1. The van der Waals surface area contributed by atoms with Gasteiger partial charge in [0.25, 0.3) is 5.91 Å². The van der Waals surface area contributed by atoms with Gasteiger partial charge in [0.15, 0.2) is 0 Å². The van der Waals surface area contributed by atoms with Crippen LogP contribution in [0.25, 0.3) is 0 Å². The molecule has 0 radical (unpaired) electrons. The summed E-state index contributed by atoms with van der Waals surface area (Å²) in [7, 11) is 1.59. The van der Waals surface area contributed by atoms with E-state index in [-0.39, 0.29) is 5.91 Å². The van der Waals surface area contributed by atoms with Crippen molar-refractivity contribution in [2.45, 2.75) is 13.8 Å². The van der Waals surface area contributed by atoms with Gasteiger partial charge in [-0.3, -0.25) is 4.79 Å². The fourth-order valence-corrected chi connectivity index (χ4v) is 1.84. The minimum absolute atomic E-state index is 0.180. The molecule has 1 aromatic carbocycles. The third-order valence-electron chi connectivity index (χ3n) is 2.69. The summed E-state index contributed by atoms with van der Waals surface area (Å²) in [5, 5.41) is 2.79. The second-order valence-corrected chi connectivity index (χ2v) is 4.35. The summed E-state index contributed by atoms with van der Waals surface area (Å²) in [6, 6.07) is 10.7. The number of pyridine rings is 1. The number of ether oxygens (including phenoxy) is 1. The number of anilines is 1. The number of carbonyl (C=O) groups is 1. The Labute approximate surface area is 112 Å². The van der Waals surface area contributed by atoms with E-state index in [0.717, 1.165) is 17.0 Å². The molecular weight excluding hydrogens is 240 g/mol. The SMILES string of the molecule is COc1ccc(C(=O)Nc2cc(C)cc(C)n2)cc1. The van der Waals surface area contributed by atoms with Gasteiger partial charge in [0, 0.05) is 11.3 Å². The van der Waals surface area contributed by atoms with Crippen molar-refractivity contribution >= 4 is 11.7 Å². The predicted molar refractivity (Wildman–Crippen MR) is 74.7 cm³/mol. The van der Waals surface area contributed by atoms with E-state index >= 15 is 0 Å². The summed E-state index contributed by atoms with van der Waals surface area (Å²) in [5.41, 5.74) is 2.52. The molecule has 0 aliphatic heterocycles. The van der Waals surface area contributed by atoms with Crippen LogP contribution in [-0.2, 0) is 0 Å². The average molecular weight is 256 g/mol. The number of hydrogen-bond acceptors (Lipinski definition) is 3. The monoisotopic (exact) mass is 256 g/mol. The van der Waals surface area contributed by atoms with Crippen LogP contribution >= 0.6 is 0 Å². The van der Waals surface area contributed by atoms with Crippen LogP contribution in [0.4, 0.5) is 5.82 Å². The molecule has 4 nitrogen and oxygen atoms in total. The van der Waals surface area contributed by atoms with E-state index in [0.29, 0.717) is 11.4 Å². The van der Waals surface area contributed by atoms with E-state index in [1.165, 1.54) is 0 Å². The molecule has 0 aliphatic rings. The summed E-state index contributed by atoms with van der Waals surface area (Å²) in [4.78, 5) is 16.3. The van der Waals surface area contributed by atoms with Crippen LogP contribution in [0, 0.1) is 13.8 Å². The number of amides is 1. The molecule has 0 aliphatic carbocycles. The number of nitrogens with zero attached hydrogens (tertiary/aromatic N) is 1. The summed E-state index contributed by atoms with van der Waals surface area (Å²) in [6.07, 6.45) is 0. The molecule has 1 aromatic heterocycles. The van der Waals surface area contributed by atoms with Crippen LogP contribution in [0.2, 0.25) is 0 Å². The first-order valence-corrected chi connectivity index (χ1v) is 5.99. The molecule has 98 valence electrons. The van der Waals surface area contributed by atoms with Gasteiger partial charge in [-0.05, 0) is 55.8 Å². The lowest BCUT2D eigenvalue weighted by molar-refractivity contribution is 0.102. The maximum absolute atomic E-state index is 12.0. The van der Waals surface area contributed by atoms with Gasteiger partial charge < -0.3 is 10.1 Å². The predicted octanol–water partition coefficient (Wildman–Crippen LogP) is 2.96. The van der Waals surface area contributed by atoms with E-state index in [9.17, 15) is 4.79 Å². The Hall–Kier alpha value is -2.36. The normalized spacial score (nSPS) is 10.1. The molecule has 0 saturated heterocycles. The Balaban J connectivity index is 2.15. The first kappa shape index (κ1) is 13.1. The lowest BCUT2D eigenvalue weighted by Crippen LogP contribution is -2.13. The zero-order chi connectivity index (χ0) is 13.8. The molecule has 0 atom stereocenters. The van der Waals surface area contributed by atoms with Crippen LogP contribution in [0.5, 0.6) is 5.75 Å². The number of carbonyl (C=O) groups excluding carboxylic acids is 1. The lowest BCUT2D eigenvalue weighted by atomic mass is 10.2. The molecule has 4 heteroatoms. The molecular formula is C15H16N2O2. The Bertz CT molecular complexity index is 571. The average Bonchev–Trinajstić information content (AvgIpc) is 2.37. The van der Waals surface area contributed by atoms with Gasteiger partial charge in [-0.25, -0.2) is 4.98 Å². The minimum atomic E-state index is -0.180. The molecule has 0 bridgehead atoms. The van der Waals surface area contributed by atoms with Crippen molar-refractivity contribution in [3.05, 3.63) is 53.2 Å². The molecule has 0 spiro atoms. The number of rotatable bonds is 3. The highest BCUT2D eigenvalue weighted by Gasteiger charge is 2.07.